The average molecular weight is 284 g/mol. The van der Waals surface area contributed by atoms with Gasteiger partial charge in [0.05, 0.1) is 6.54 Å². The third-order valence-electron chi connectivity index (χ3n) is 2.62. The van der Waals surface area contributed by atoms with Crippen LogP contribution in [0.2, 0.25) is 0 Å². The van der Waals surface area contributed by atoms with Crippen molar-refractivity contribution in [3.8, 4) is 0 Å². The highest BCUT2D eigenvalue weighted by Gasteiger charge is 2.06. The fourth-order valence-corrected chi connectivity index (χ4v) is 2.35. The Morgan fingerprint density at radius 1 is 1.47 bits per heavy atom. The van der Waals surface area contributed by atoms with Crippen LogP contribution in [0.15, 0.2) is 24.3 Å². The molecule has 0 bridgehead atoms. The number of carbonyl (C=O) groups excluding carboxylic acids is 1. The van der Waals surface area contributed by atoms with Crippen molar-refractivity contribution in [2.24, 2.45) is 0 Å². The molecule has 0 fully saturated rings. The number of amides is 1. The lowest BCUT2D eigenvalue weighted by molar-refractivity contribution is -0.115. The first-order valence-electron chi connectivity index (χ1n) is 6.48. The van der Waals surface area contributed by atoms with E-state index in [9.17, 15) is 9.18 Å². The summed E-state index contributed by atoms with van der Waals surface area (Å²) in [6.45, 7) is 4.44. The second-order valence-corrected chi connectivity index (χ2v) is 5.72. The third-order valence-corrected chi connectivity index (χ3v) is 3.55. The predicted molar refractivity (Wildman–Crippen MR) is 80.1 cm³/mol. The fraction of sp³-hybridized carbons (Fsp3) is 0.500. The van der Waals surface area contributed by atoms with Gasteiger partial charge in [-0.25, -0.2) is 4.39 Å². The van der Waals surface area contributed by atoms with Gasteiger partial charge in [-0.05, 0) is 43.0 Å². The van der Waals surface area contributed by atoms with E-state index in [1.54, 1.807) is 12.1 Å². The minimum absolute atomic E-state index is 0.152. The smallest absolute Gasteiger partial charge is 0.238 e. The topological polar surface area (TPSA) is 41.1 Å². The van der Waals surface area contributed by atoms with Gasteiger partial charge in [-0.1, -0.05) is 13.0 Å². The van der Waals surface area contributed by atoms with E-state index < -0.39 is 0 Å². The van der Waals surface area contributed by atoms with Crippen molar-refractivity contribution in [3.63, 3.8) is 0 Å². The highest BCUT2D eigenvalue weighted by molar-refractivity contribution is 7.99. The number of rotatable bonds is 8. The standard InChI is InChI=1S/C14H21FN2OS/c1-3-19-8-7-11(2)16-10-14(18)17-13-6-4-5-12(15)9-13/h4-6,9,11,16H,3,7-8,10H2,1-2H3,(H,17,18). The lowest BCUT2D eigenvalue weighted by atomic mass is 10.2. The van der Waals surface area contributed by atoms with Crippen molar-refractivity contribution < 1.29 is 9.18 Å². The molecule has 0 saturated heterocycles. The molecule has 3 nitrogen and oxygen atoms in total. The first-order chi connectivity index (χ1) is 9.11. The molecule has 0 radical (unpaired) electrons. The molecule has 19 heavy (non-hydrogen) atoms. The van der Waals surface area contributed by atoms with Crippen LogP contribution in [0.4, 0.5) is 10.1 Å². The average Bonchev–Trinajstić information content (AvgIpc) is 2.37. The van der Waals surface area contributed by atoms with Gasteiger partial charge in [-0.2, -0.15) is 11.8 Å². The molecule has 0 aliphatic heterocycles. The molecule has 1 amide bonds. The van der Waals surface area contributed by atoms with Gasteiger partial charge in [0.15, 0.2) is 0 Å². The van der Waals surface area contributed by atoms with Crippen molar-refractivity contribution in [2.75, 3.05) is 23.4 Å². The van der Waals surface area contributed by atoms with E-state index >= 15 is 0 Å². The van der Waals surface area contributed by atoms with E-state index in [2.05, 4.69) is 24.5 Å². The molecule has 0 spiro atoms. The van der Waals surface area contributed by atoms with Crippen LogP contribution in [-0.2, 0) is 4.79 Å². The Labute approximate surface area is 118 Å². The van der Waals surface area contributed by atoms with E-state index in [-0.39, 0.29) is 18.3 Å². The zero-order valence-corrected chi connectivity index (χ0v) is 12.2. The Morgan fingerprint density at radius 3 is 2.95 bits per heavy atom. The number of anilines is 1. The Bertz CT molecular complexity index is 401. The first-order valence-corrected chi connectivity index (χ1v) is 7.64. The number of halogens is 1. The first kappa shape index (κ1) is 16.0. The van der Waals surface area contributed by atoms with E-state index in [0.717, 1.165) is 17.9 Å². The van der Waals surface area contributed by atoms with Crippen molar-refractivity contribution in [1.82, 2.24) is 5.32 Å². The SMILES string of the molecule is CCSCCC(C)NCC(=O)Nc1cccc(F)c1. The molecule has 0 aromatic heterocycles. The normalized spacial score (nSPS) is 12.2. The van der Waals surface area contributed by atoms with E-state index in [1.165, 1.54) is 12.1 Å². The van der Waals surface area contributed by atoms with Crippen LogP contribution in [0.1, 0.15) is 20.3 Å². The van der Waals surface area contributed by atoms with Crippen LogP contribution in [0.5, 0.6) is 0 Å². The van der Waals surface area contributed by atoms with Gasteiger partial charge in [0.2, 0.25) is 5.91 Å². The second kappa shape index (κ2) is 8.93. The van der Waals surface area contributed by atoms with Gasteiger partial charge >= 0.3 is 0 Å². The molecule has 1 atom stereocenters. The van der Waals surface area contributed by atoms with E-state index in [1.807, 2.05) is 11.8 Å². The maximum Gasteiger partial charge on any atom is 0.238 e. The van der Waals surface area contributed by atoms with Gasteiger partial charge in [0, 0.05) is 11.7 Å². The Balaban J connectivity index is 2.24. The molecule has 0 saturated carbocycles. The number of benzene rings is 1. The Hall–Kier alpha value is -1.07. The number of carbonyl (C=O) groups is 1. The molecule has 1 aromatic rings. The summed E-state index contributed by atoms with van der Waals surface area (Å²) in [7, 11) is 0. The maximum atomic E-state index is 12.9. The van der Waals surface area contributed by atoms with Crippen molar-refractivity contribution in [1.29, 1.82) is 0 Å². The summed E-state index contributed by atoms with van der Waals surface area (Å²) in [4.78, 5) is 11.7. The summed E-state index contributed by atoms with van der Waals surface area (Å²) in [6.07, 6.45) is 1.03. The lowest BCUT2D eigenvalue weighted by Gasteiger charge is -2.13. The second-order valence-electron chi connectivity index (χ2n) is 4.33. The minimum Gasteiger partial charge on any atom is -0.325 e. The molecule has 1 aromatic carbocycles. The van der Waals surface area contributed by atoms with Crippen LogP contribution in [-0.4, -0.2) is 30.0 Å². The Kier molecular flexibility index (Phi) is 7.52. The third kappa shape index (κ3) is 7.18. The van der Waals surface area contributed by atoms with Crippen LogP contribution < -0.4 is 10.6 Å². The summed E-state index contributed by atoms with van der Waals surface area (Å²) in [5, 5.41) is 5.82. The number of hydrogen-bond donors (Lipinski definition) is 2. The highest BCUT2D eigenvalue weighted by atomic mass is 32.2. The summed E-state index contributed by atoms with van der Waals surface area (Å²) < 4.78 is 12.9. The van der Waals surface area contributed by atoms with Gasteiger partial charge in [0.25, 0.3) is 0 Å². The summed E-state index contributed by atoms with van der Waals surface area (Å²) >= 11 is 1.89. The molecule has 1 unspecified atom stereocenters. The van der Waals surface area contributed by atoms with Crippen LogP contribution in [0.25, 0.3) is 0 Å². The van der Waals surface area contributed by atoms with Gasteiger partial charge in [-0.15, -0.1) is 0 Å². The van der Waals surface area contributed by atoms with Crippen molar-refractivity contribution in [2.45, 2.75) is 26.3 Å². The molecule has 1 rings (SSSR count). The molecular weight excluding hydrogens is 263 g/mol. The van der Waals surface area contributed by atoms with Gasteiger partial charge < -0.3 is 10.6 Å². The van der Waals surface area contributed by atoms with Gasteiger partial charge in [-0.3, -0.25) is 4.79 Å². The van der Waals surface area contributed by atoms with E-state index in [0.29, 0.717) is 11.7 Å². The summed E-state index contributed by atoms with van der Waals surface area (Å²) in [6, 6.07) is 6.20. The van der Waals surface area contributed by atoms with Crippen molar-refractivity contribution in [3.05, 3.63) is 30.1 Å². The largest absolute Gasteiger partial charge is 0.325 e. The lowest BCUT2D eigenvalue weighted by Crippen LogP contribution is -2.34. The minimum atomic E-state index is -0.351. The number of nitrogens with one attached hydrogen (secondary N) is 2. The summed E-state index contributed by atoms with van der Waals surface area (Å²) in [5.74, 6) is 1.71. The van der Waals surface area contributed by atoms with Crippen LogP contribution in [0, 0.1) is 5.82 Å². The van der Waals surface area contributed by atoms with E-state index in [4.69, 9.17) is 0 Å². The molecular formula is C14H21FN2OS. The zero-order valence-electron chi connectivity index (χ0n) is 11.4. The monoisotopic (exact) mass is 284 g/mol. The maximum absolute atomic E-state index is 12.9. The van der Waals surface area contributed by atoms with Crippen LogP contribution >= 0.6 is 11.8 Å². The summed E-state index contributed by atoms with van der Waals surface area (Å²) in [5.41, 5.74) is 0.487. The Morgan fingerprint density at radius 2 is 2.26 bits per heavy atom. The molecule has 2 N–H and O–H groups in total. The number of hydrogen-bond acceptors (Lipinski definition) is 3. The molecule has 0 aliphatic rings. The predicted octanol–water partition coefficient (Wildman–Crippen LogP) is 2.89. The van der Waals surface area contributed by atoms with Crippen LogP contribution in [0.3, 0.4) is 0 Å². The van der Waals surface area contributed by atoms with Crippen molar-refractivity contribution >= 4 is 23.4 Å². The quantitative estimate of drug-likeness (QED) is 0.721. The molecule has 106 valence electrons. The fourth-order valence-electron chi connectivity index (χ4n) is 1.54. The molecule has 5 heteroatoms. The van der Waals surface area contributed by atoms with Gasteiger partial charge in [0.1, 0.15) is 5.82 Å². The number of thioether (sulfide) groups is 1. The zero-order chi connectivity index (χ0) is 14.1. The highest BCUT2D eigenvalue weighted by Crippen LogP contribution is 2.08. The molecule has 0 heterocycles. The molecule has 0 aliphatic carbocycles.